The number of Topliss-reactive ketones (excluding diaryl/α,β-unsaturated/α-hetero) is 1. The molecule has 0 atom stereocenters. The van der Waals surface area contributed by atoms with E-state index in [0.29, 0.717) is 21.6 Å². The van der Waals surface area contributed by atoms with Crippen molar-refractivity contribution in [2.45, 2.75) is 31.5 Å². The highest BCUT2D eigenvalue weighted by atomic mass is 32.2. The summed E-state index contributed by atoms with van der Waals surface area (Å²) in [6.45, 7) is 3.54. The maximum atomic E-state index is 12.6. The number of carbonyl (C=O) groups excluding carboxylic acids is 1. The standard InChI is InChI=1S/C21H18F3NO4S2/c1-3-17(26)20-18(13-6-10-16(11-7-13)31(25,27)28)12(2)19(30-20)14-4-8-15(9-5-14)29-21(22,23)24/h4-11H,3H2,1-2H3,(H2,25,27,28). The van der Waals surface area contributed by atoms with Crippen molar-refractivity contribution in [1.29, 1.82) is 0 Å². The van der Waals surface area contributed by atoms with Crippen molar-refractivity contribution in [3.8, 4) is 27.3 Å². The summed E-state index contributed by atoms with van der Waals surface area (Å²) in [5.41, 5.74) is 2.69. The fraction of sp³-hybridized carbons (Fsp3) is 0.190. The molecule has 1 heterocycles. The minimum Gasteiger partial charge on any atom is -0.406 e. The number of carbonyl (C=O) groups is 1. The second kappa shape index (κ2) is 8.45. The first-order chi connectivity index (χ1) is 14.4. The van der Waals surface area contributed by atoms with Crippen LogP contribution in [-0.2, 0) is 10.0 Å². The average molecular weight is 470 g/mol. The number of nitrogens with two attached hydrogens (primary N) is 1. The first-order valence-corrected chi connectivity index (χ1v) is 11.4. The summed E-state index contributed by atoms with van der Waals surface area (Å²) in [6, 6.07) is 11.3. The summed E-state index contributed by atoms with van der Waals surface area (Å²) in [6.07, 6.45) is -4.52. The molecule has 0 aliphatic rings. The third-order valence-electron chi connectivity index (χ3n) is 4.54. The van der Waals surface area contributed by atoms with Gasteiger partial charge in [0.2, 0.25) is 10.0 Å². The van der Waals surface area contributed by atoms with E-state index in [4.69, 9.17) is 5.14 Å². The van der Waals surface area contributed by atoms with Gasteiger partial charge in [-0.1, -0.05) is 19.1 Å². The summed E-state index contributed by atoms with van der Waals surface area (Å²) in [7, 11) is -3.85. The van der Waals surface area contributed by atoms with Gasteiger partial charge in [-0.05, 0) is 60.0 Å². The smallest absolute Gasteiger partial charge is 0.406 e. The minimum absolute atomic E-state index is 0.0482. The molecule has 10 heteroatoms. The van der Waals surface area contributed by atoms with Crippen LogP contribution < -0.4 is 9.88 Å². The van der Waals surface area contributed by atoms with E-state index >= 15 is 0 Å². The zero-order valence-electron chi connectivity index (χ0n) is 16.5. The molecule has 0 bridgehead atoms. The maximum Gasteiger partial charge on any atom is 0.573 e. The van der Waals surface area contributed by atoms with Gasteiger partial charge in [-0.3, -0.25) is 4.79 Å². The Morgan fingerprint density at radius 1 is 1.03 bits per heavy atom. The van der Waals surface area contributed by atoms with Crippen LogP contribution in [0.3, 0.4) is 0 Å². The number of sulfonamides is 1. The summed E-state index contributed by atoms with van der Waals surface area (Å²) in [5, 5.41) is 5.15. The summed E-state index contributed by atoms with van der Waals surface area (Å²) in [5.74, 6) is -0.434. The van der Waals surface area contributed by atoms with Crippen LogP contribution in [0.2, 0.25) is 0 Å². The number of ketones is 1. The number of alkyl halides is 3. The summed E-state index contributed by atoms with van der Waals surface area (Å²) < 4.78 is 64.1. The van der Waals surface area contributed by atoms with Crippen molar-refractivity contribution < 1.29 is 31.1 Å². The van der Waals surface area contributed by atoms with Gasteiger partial charge in [0.25, 0.3) is 0 Å². The van der Waals surface area contributed by atoms with Gasteiger partial charge >= 0.3 is 6.36 Å². The second-order valence-electron chi connectivity index (χ2n) is 6.68. The lowest BCUT2D eigenvalue weighted by Gasteiger charge is -2.09. The van der Waals surface area contributed by atoms with Crippen LogP contribution in [0.25, 0.3) is 21.6 Å². The molecule has 5 nitrogen and oxygen atoms in total. The highest BCUT2D eigenvalue weighted by Gasteiger charge is 2.31. The van der Waals surface area contributed by atoms with E-state index in [2.05, 4.69) is 4.74 Å². The lowest BCUT2D eigenvalue weighted by Crippen LogP contribution is -2.16. The Bertz CT molecular complexity index is 1210. The molecule has 2 aromatic carbocycles. The summed E-state index contributed by atoms with van der Waals surface area (Å²) in [4.78, 5) is 13.8. The highest BCUT2D eigenvalue weighted by molar-refractivity contribution is 7.89. The van der Waals surface area contributed by atoms with Crippen molar-refractivity contribution >= 4 is 27.1 Å². The zero-order valence-corrected chi connectivity index (χ0v) is 18.1. The number of primary sulfonamides is 1. The van der Waals surface area contributed by atoms with Gasteiger partial charge < -0.3 is 4.74 Å². The Morgan fingerprint density at radius 2 is 1.58 bits per heavy atom. The highest BCUT2D eigenvalue weighted by Crippen LogP contribution is 2.43. The van der Waals surface area contributed by atoms with E-state index in [1.807, 2.05) is 0 Å². The molecule has 0 amide bonds. The van der Waals surface area contributed by atoms with Crippen molar-refractivity contribution in [1.82, 2.24) is 0 Å². The molecule has 1 aromatic heterocycles. The van der Waals surface area contributed by atoms with E-state index in [-0.39, 0.29) is 22.8 Å². The third-order valence-corrected chi connectivity index (χ3v) is 6.85. The van der Waals surface area contributed by atoms with Crippen molar-refractivity contribution in [3.05, 3.63) is 59.0 Å². The van der Waals surface area contributed by atoms with Crippen LogP contribution in [0.15, 0.2) is 53.4 Å². The molecular formula is C21H18F3NO4S2. The molecule has 2 N–H and O–H groups in total. The molecule has 0 saturated carbocycles. The van der Waals surface area contributed by atoms with Gasteiger partial charge in [0.15, 0.2) is 5.78 Å². The fourth-order valence-electron chi connectivity index (χ4n) is 3.11. The molecule has 0 fully saturated rings. The fourth-order valence-corrected chi connectivity index (χ4v) is 4.97. The number of thiophene rings is 1. The van der Waals surface area contributed by atoms with Gasteiger partial charge in [-0.25, -0.2) is 13.6 Å². The number of hydrogen-bond acceptors (Lipinski definition) is 5. The minimum atomic E-state index is -4.78. The summed E-state index contributed by atoms with van der Waals surface area (Å²) >= 11 is 1.24. The molecule has 3 rings (SSSR count). The molecule has 31 heavy (non-hydrogen) atoms. The quantitative estimate of drug-likeness (QED) is 0.481. The molecule has 164 valence electrons. The maximum absolute atomic E-state index is 12.6. The van der Waals surface area contributed by atoms with Crippen molar-refractivity contribution in [2.24, 2.45) is 5.14 Å². The van der Waals surface area contributed by atoms with E-state index in [0.717, 1.165) is 10.4 Å². The SMILES string of the molecule is CCC(=O)c1sc(-c2ccc(OC(F)(F)F)cc2)c(C)c1-c1ccc(S(N)(=O)=O)cc1. The largest absolute Gasteiger partial charge is 0.573 e. The van der Waals surface area contributed by atoms with Crippen molar-refractivity contribution in [2.75, 3.05) is 0 Å². The van der Waals surface area contributed by atoms with E-state index in [1.165, 1.54) is 47.7 Å². The van der Waals surface area contributed by atoms with Crippen LogP contribution >= 0.6 is 11.3 Å². The molecule has 0 radical (unpaired) electrons. The van der Waals surface area contributed by atoms with Crippen LogP contribution in [0.5, 0.6) is 5.75 Å². The van der Waals surface area contributed by atoms with Crippen LogP contribution in [0.1, 0.15) is 28.6 Å². The molecule has 0 aliphatic carbocycles. The monoisotopic (exact) mass is 469 g/mol. The van der Waals surface area contributed by atoms with Crippen LogP contribution in [0.4, 0.5) is 13.2 Å². The molecule has 0 aliphatic heterocycles. The van der Waals surface area contributed by atoms with E-state index in [9.17, 15) is 26.4 Å². The van der Waals surface area contributed by atoms with Crippen LogP contribution in [-0.4, -0.2) is 20.6 Å². The topological polar surface area (TPSA) is 86.5 Å². The molecular weight excluding hydrogens is 451 g/mol. The molecule has 0 spiro atoms. The van der Waals surface area contributed by atoms with E-state index < -0.39 is 16.4 Å². The Hall–Kier alpha value is -2.69. The Morgan fingerprint density at radius 3 is 2.06 bits per heavy atom. The third kappa shape index (κ3) is 5.15. The van der Waals surface area contributed by atoms with Gasteiger partial charge in [0.05, 0.1) is 9.77 Å². The second-order valence-corrected chi connectivity index (χ2v) is 9.26. The number of rotatable bonds is 6. The normalized spacial score (nSPS) is 12.1. The Labute approximate surface area is 181 Å². The lowest BCUT2D eigenvalue weighted by molar-refractivity contribution is -0.274. The van der Waals surface area contributed by atoms with Gasteiger partial charge in [-0.15, -0.1) is 24.5 Å². The number of ether oxygens (including phenoxy) is 1. The van der Waals surface area contributed by atoms with E-state index in [1.54, 1.807) is 26.0 Å². The molecule has 3 aromatic rings. The first-order valence-electron chi connectivity index (χ1n) is 9.06. The number of benzene rings is 2. The Kier molecular flexibility index (Phi) is 6.26. The Balaban J connectivity index is 2.08. The molecule has 0 unspecified atom stereocenters. The van der Waals surface area contributed by atoms with Crippen LogP contribution in [0, 0.1) is 6.92 Å². The van der Waals surface area contributed by atoms with Gasteiger partial charge in [0.1, 0.15) is 5.75 Å². The van der Waals surface area contributed by atoms with Gasteiger partial charge in [0, 0.05) is 16.9 Å². The number of halogens is 3. The van der Waals surface area contributed by atoms with Crippen molar-refractivity contribution in [3.63, 3.8) is 0 Å². The molecule has 0 saturated heterocycles. The average Bonchev–Trinajstić information content (AvgIpc) is 3.03. The number of hydrogen-bond donors (Lipinski definition) is 1. The predicted molar refractivity (Wildman–Crippen MR) is 113 cm³/mol. The predicted octanol–water partition coefficient (Wildman–Crippen LogP) is 5.53. The first kappa shape index (κ1) is 23.0. The zero-order chi connectivity index (χ0) is 23.0. The lowest BCUT2D eigenvalue weighted by atomic mass is 9.97. The van der Waals surface area contributed by atoms with Gasteiger partial charge in [-0.2, -0.15) is 0 Å².